The highest BCUT2D eigenvalue weighted by Crippen LogP contribution is 2.26. The number of fused-ring (bicyclic) bond motifs is 1. The van der Waals surface area contributed by atoms with Gasteiger partial charge < -0.3 is 19.4 Å². The minimum atomic E-state index is -0.275. The van der Waals surface area contributed by atoms with Gasteiger partial charge in [0.25, 0.3) is 0 Å². The molecule has 27 heavy (non-hydrogen) atoms. The number of rotatable bonds is 4. The molecule has 0 aliphatic carbocycles. The third kappa shape index (κ3) is 4.23. The Labute approximate surface area is 158 Å². The first-order valence-electron chi connectivity index (χ1n) is 9.32. The number of furan rings is 1. The van der Waals surface area contributed by atoms with Gasteiger partial charge in [0.15, 0.2) is 5.96 Å². The van der Waals surface area contributed by atoms with E-state index in [0.29, 0.717) is 12.1 Å². The number of nitrogens with one attached hydrogen (secondary N) is 1. The normalized spacial score (nSPS) is 16.0. The number of esters is 1. The van der Waals surface area contributed by atoms with Crippen molar-refractivity contribution in [2.75, 3.05) is 26.7 Å². The van der Waals surface area contributed by atoms with Crippen LogP contribution in [0.5, 0.6) is 0 Å². The summed E-state index contributed by atoms with van der Waals surface area (Å²) in [6, 6.07) is 4.53. The number of ether oxygens (including phenoxy) is 1. The lowest BCUT2D eigenvalue weighted by Gasteiger charge is -2.33. The number of carbonyl (C=O) groups excluding carboxylic acids is 1. The van der Waals surface area contributed by atoms with Crippen LogP contribution in [0.1, 0.15) is 31.1 Å². The molecule has 146 valence electrons. The summed E-state index contributed by atoms with van der Waals surface area (Å²) in [5, 5.41) is 4.08. The van der Waals surface area contributed by atoms with Crippen LogP contribution < -0.4 is 5.32 Å². The smallest absolute Gasteiger partial charge is 0.308 e. The molecule has 1 aromatic carbocycles. The molecule has 2 heterocycles. The minimum absolute atomic E-state index is 0.0401. The molecule has 1 aliphatic rings. The van der Waals surface area contributed by atoms with Crippen molar-refractivity contribution in [3.63, 3.8) is 0 Å². The Hall–Kier alpha value is -2.57. The fraction of sp³-hybridized carbons (Fsp3) is 0.500. The van der Waals surface area contributed by atoms with Gasteiger partial charge in [-0.2, -0.15) is 0 Å². The lowest BCUT2D eigenvalue weighted by molar-refractivity contribution is -0.146. The summed E-state index contributed by atoms with van der Waals surface area (Å²) in [6.45, 7) is 6.56. The number of halogens is 1. The van der Waals surface area contributed by atoms with Crippen LogP contribution in [-0.2, 0) is 16.1 Å². The van der Waals surface area contributed by atoms with Gasteiger partial charge >= 0.3 is 5.97 Å². The molecule has 0 unspecified atom stereocenters. The molecule has 0 spiro atoms. The van der Waals surface area contributed by atoms with Crippen LogP contribution in [0.2, 0.25) is 0 Å². The summed E-state index contributed by atoms with van der Waals surface area (Å²) in [5.41, 5.74) is 1.58. The molecule has 1 aromatic heterocycles. The third-order valence-corrected chi connectivity index (χ3v) is 5.03. The van der Waals surface area contributed by atoms with Crippen molar-refractivity contribution in [1.82, 2.24) is 10.2 Å². The molecular weight excluding hydrogens is 349 g/mol. The van der Waals surface area contributed by atoms with E-state index in [2.05, 4.69) is 10.2 Å². The quantitative estimate of drug-likeness (QED) is 0.505. The molecule has 7 heteroatoms. The molecule has 1 fully saturated rings. The molecular formula is C20H26FN3O3. The first-order valence-corrected chi connectivity index (χ1v) is 9.32. The van der Waals surface area contributed by atoms with Crippen LogP contribution in [-0.4, -0.2) is 43.6 Å². The second-order valence-corrected chi connectivity index (χ2v) is 6.75. The number of aryl methyl sites for hydroxylation is 1. The fourth-order valence-corrected chi connectivity index (χ4v) is 3.46. The summed E-state index contributed by atoms with van der Waals surface area (Å²) >= 11 is 0. The average molecular weight is 375 g/mol. The molecule has 1 aliphatic heterocycles. The first kappa shape index (κ1) is 19.2. The van der Waals surface area contributed by atoms with Gasteiger partial charge in [-0.15, -0.1) is 0 Å². The van der Waals surface area contributed by atoms with Crippen LogP contribution in [0.4, 0.5) is 4.39 Å². The maximum absolute atomic E-state index is 13.5. The van der Waals surface area contributed by atoms with E-state index in [9.17, 15) is 9.18 Å². The van der Waals surface area contributed by atoms with E-state index in [4.69, 9.17) is 14.1 Å². The van der Waals surface area contributed by atoms with Gasteiger partial charge in [-0.25, -0.2) is 9.38 Å². The molecule has 1 saturated heterocycles. The van der Waals surface area contributed by atoms with Crippen molar-refractivity contribution in [3.8, 4) is 0 Å². The highest BCUT2D eigenvalue weighted by atomic mass is 19.1. The number of likely N-dealkylation sites (tertiary alicyclic amines) is 1. The Morgan fingerprint density at radius 1 is 1.41 bits per heavy atom. The standard InChI is InChI=1S/C20H26FN3O3/c1-4-22-20(24-9-7-14(8-10-24)19(25)26-3)23-12-18-13(2)16-11-15(21)5-6-17(16)27-18/h5-6,11,14H,4,7-10,12H2,1-3H3,(H,22,23). The maximum atomic E-state index is 13.5. The van der Waals surface area contributed by atoms with E-state index >= 15 is 0 Å². The molecule has 3 rings (SSSR count). The molecule has 0 saturated carbocycles. The monoisotopic (exact) mass is 375 g/mol. The highest BCUT2D eigenvalue weighted by molar-refractivity contribution is 5.83. The van der Waals surface area contributed by atoms with E-state index in [1.807, 2.05) is 13.8 Å². The van der Waals surface area contributed by atoms with Crippen LogP contribution in [0.15, 0.2) is 27.6 Å². The molecule has 1 N–H and O–H groups in total. The Balaban J connectivity index is 1.73. The van der Waals surface area contributed by atoms with Gasteiger partial charge in [0.2, 0.25) is 0 Å². The average Bonchev–Trinajstić information content (AvgIpc) is 3.00. The van der Waals surface area contributed by atoms with Crippen LogP contribution in [0, 0.1) is 18.7 Å². The Kier molecular flexibility index (Phi) is 5.98. The number of nitrogens with zero attached hydrogens (tertiary/aromatic N) is 2. The van der Waals surface area contributed by atoms with Gasteiger partial charge in [-0.3, -0.25) is 4.79 Å². The molecule has 0 radical (unpaired) electrons. The second-order valence-electron chi connectivity index (χ2n) is 6.75. The summed E-state index contributed by atoms with van der Waals surface area (Å²) in [5.74, 6) is 1.08. The van der Waals surface area contributed by atoms with Crippen LogP contribution >= 0.6 is 0 Å². The summed E-state index contributed by atoms with van der Waals surface area (Å²) < 4.78 is 24.2. The molecule has 2 aromatic rings. The number of guanidine groups is 1. The number of methoxy groups -OCH3 is 1. The van der Waals surface area contributed by atoms with E-state index in [0.717, 1.165) is 55.1 Å². The number of piperidine rings is 1. The zero-order valence-electron chi connectivity index (χ0n) is 16.0. The summed E-state index contributed by atoms with van der Waals surface area (Å²) in [7, 11) is 1.43. The second kappa shape index (κ2) is 8.41. The molecule has 0 bridgehead atoms. The largest absolute Gasteiger partial charge is 0.469 e. The van der Waals surface area contributed by atoms with Crippen LogP contribution in [0.3, 0.4) is 0 Å². The van der Waals surface area contributed by atoms with Crippen molar-refractivity contribution in [2.45, 2.75) is 33.2 Å². The van der Waals surface area contributed by atoms with Gasteiger partial charge in [0, 0.05) is 30.6 Å². The number of carbonyl (C=O) groups is 1. The van der Waals surface area contributed by atoms with Gasteiger partial charge in [-0.1, -0.05) is 0 Å². The zero-order chi connectivity index (χ0) is 19.4. The predicted molar refractivity (Wildman–Crippen MR) is 102 cm³/mol. The van der Waals surface area contributed by atoms with Gasteiger partial charge in [0.1, 0.15) is 23.7 Å². The van der Waals surface area contributed by atoms with Crippen molar-refractivity contribution >= 4 is 22.9 Å². The Bertz CT molecular complexity index is 838. The van der Waals surface area contributed by atoms with Crippen molar-refractivity contribution in [3.05, 3.63) is 35.3 Å². The first-order chi connectivity index (χ1) is 13.0. The summed E-state index contributed by atoms with van der Waals surface area (Å²) in [4.78, 5) is 18.6. The molecule has 0 amide bonds. The number of benzene rings is 1. The molecule has 0 atom stereocenters. The van der Waals surface area contributed by atoms with E-state index in [1.165, 1.54) is 19.2 Å². The maximum Gasteiger partial charge on any atom is 0.308 e. The predicted octanol–water partition coefficient (Wildman–Crippen LogP) is 3.23. The number of hydrogen-bond donors (Lipinski definition) is 1. The third-order valence-electron chi connectivity index (χ3n) is 5.03. The lowest BCUT2D eigenvalue weighted by Crippen LogP contribution is -2.46. The lowest BCUT2D eigenvalue weighted by atomic mass is 9.97. The highest BCUT2D eigenvalue weighted by Gasteiger charge is 2.27. The van der Waals surface area contributed by atoms with Gasteiger partial charge in [-0.05, 0) is 44.9 Å². The Morgan fingerprint density at radius 3 is 2.81 bits per heavy atom. The van der Waals surface area contributed by atoms with Crippen molar-refractivity contribution in [1.29, 1.82) is 0 Å². The number of hydrogen-bond acceptors (Lipinski definition) is 4. The number of aliphatic imine (C=N–C) groups is 1. The van der Waals surface area contributed by atoms with E-state index in [-0.39, 0.29) is 17.7 Å². The SMILES string of the molecule is CCNC(=NCc1oc2ccc(F)cc2c1C)N1CCC(C(=O)OC)CC1. The topological polar surface area (TPSA) is 67.1 Å². The fourth-order valence-electron chi connectivity index (χ4n) is 3.46. The minimum Gasteiger partial charge on any atom is -0.469 e. The van der Waals surface area contributed by atoms with Crippen LogP contribution in [0.25, 0.3) is 11.0 Å². The van der Waals surface area contributed by atoms with Crippen molar-refractivity contribution in [2.24, 2.45) is 10.9 Å². The van der Waals surface area contributed by atoms with Gasteiger partial charge in [0.05, 0.1) is 13.0 Å². The molecule has 6 nitrogen and oxygen atoms in total. The Morgan fingerprint density at radius 2 is 2.15 bits per heavy atom. The zero-order valence-corrected chi connectivity index (χ0v) is 16.0. The summed E-state index contributed by atoms with van der Waals surface area (Å²) in [6.07, 6.45) is 1.50. The van der Waals surface area contributed by atoms with E-state index in [1.54, 1.807) is 6.07 Å². The van der Waals surface area contributed by atoms with Crippen molar-refractivity contribution < 1.29 is 18.3 Å². The van der Waals surface area contributed by atoms with E-state index < -0.39 is 0 Å².